The summed E-state index contributed by atoms with van der Waals surface area (Å²) < 4.78 is 1.47. The van der Waals surface area contributed by atoms with E-state index in [2.05, 4.69) is 10.1 Å². The molecule has 0 saturated carbocycles. The molecule has 0 saturated heterocycles. The number of rotatable bonds is 2. The highest BCUT2D eigenvalue weighted by Crippen LogP contribution is 2.17. The number of pyridine rings is 1. The summed E-state index contributed by atoms with van der Waals surface area (Å²) in [7, 11) is 1.70. The van der Waals surface area contributed by atoms with E-state index in [9.17, 15) is 4.79 Å². The van der Waals surface area contributed by atoms with E-state index in [4.69, 9.17) is 5.73 Å². The van der Waals surface area contributed by atoms with Crippen LogP contribution in [0.15, 0.2) is 24.7 Å². The fourth-order valence-electron chi connectivity index (χ4n) is 1.47. The predicted octanol–water partition coefficient (Wildman–Crippen LogP) is 0.937. The number of ketones is 1. The van der Waals surface area contributed by atoms with Crippen LogP contribution in [0, 0.1) is 6.92 Å². The molecule has 82 valence electrons. The van der Waals surface area contributed by atoms with Gasteiger partial charge in [0.15, 0.2) is 5.78 Å². The smallest absolute Gasteiger partial charge is 0.200 e. The summed E-state index contributed by atoms with van der Waals surface area (Å²) in [4.78, 5) is 16.1. The van der Waals surface area contributed by atoms with E-state index in [-0.39, 0.29) is 5.78 Å². The van der Waals surface area contributed by atoms with Crippen molar-refractivity contribution in [1.29, 1.82) is 0 Å². The Morgan fingerprint density at radius 1 is 1.38 bits per heavy atom. The molecule has 2 aromatic rings. The molecule has 2 heterocycles. The van der Waals surface area contributed by atoms with E-state index < -0.39 is 0 Å². The molecule has 0 aromatic carbocycles. The molecular weight excluding hydrogens is 204 g/mol. The average molecular weight is 216 g/mol. The summed E-state index contributed by atoms with van der Waals surface area (Å²) in [5, 5.41) is 3.94. The minimum Gasteiger partial charge on any atom is -0.383 e. The van der Waals surface area contributed by atoms with Crippen LogP contribution in [-0.4, -0.2) is 20.5 Å². The van der Waals surface area contributed by atoms with Gasteiger partial charge in [-0.1, -0.05) is 0 Å². The lowest BCUT2D eigenvalue weighted by molar-refractivity contribution is 0.103. The Bertz CT molecular complexity index is 545. The Balaban J connectivity index is 2.48. The van der Waals surface area contributed by atoms with Gasteiger partial charge in [-0.05, 0) is 18.6 Å². The van der Waals surface area contributed by atoms with E-state index in [1.807, 2.05) is 6.92 Å². The summed E-state index contributed by atoms with van der Waals surface area (Å²) in [5.41, 5.74) is 7.60. The van der Waals surface area contributed by atoms with Gasteiger partial charge >= 0.3 is 0 Å². The number of hydrogen-bond acceptors (Lipinski definition) is 4. The minimum atomic E-state index is -0.142. The van der Waals surface area contributed by atoms with Crippen LogP contribution >= 0.6 is 0 Å². The van der Waals surface area contributed by atoms with Crippen LogP contribution in [0.2, 0.25) is 0 Å². The minimum absolute atomic E-state index is 0.142. The highest BCUT2D eigenvalue weighted by molar-refractivity contribution is 6.12. The van der Waals surface area contributed by atoms with Gasteiger partial charge in [0.1, 0.15) is 5.82 Å². The third-order valence-corrected chi connectivity index (χ3v) is 2.51. The summed E-state index contributed by atoms with van der Waals surface area (Å²) in [6.45, 7) is 1.86. The molecule has 0 fully saturated rings. The first-order valence-corrected chi connectivity index (χ1v) is 4.84. The van der Waals surface area contributed by atoms with Crippen molar-refractivity contribution >= 4 is 11.6 Å². The molecule has 0 atom stereocenters. The lowest BCUT2D eigenvalue weighted by Gasteiger charge is -2.03. The van der Waals surface area contributed by atoms with Crippen molar-refractivity contribution in [2.45, 2.75) is 6.92 Å². The van der Waals surface area contributed by atoms with Gasteiger partial charge in [-0.2, -0.15) is 5.10 Å². The molecule has 0 unspecified atom stereocenters. The number of nitrogens with two attached hydrogens (primary N) is 1. The molecule has 0 bridgehead atoms. The van der Waals surface area contributed by atoms with Crippen molar-refractivity contribution in [1.82, 2.24) is 14.8 Å². The summed E-state index contributed by atoms with van der Waals surface area (Å²) in [6.07, 6.45) is 4.67. The molecule has 2 N–H and O–H groups in total. The molecule has 0 radical (unpaired) electrons. The van der Waals surface area contributed by atoms with Gasteiger partial charge in [0.05, 0.1) is 11.8 Å². The number of hydrogen-bond donors (Lipinski definition) is 1. The van der Waals surface area contributed by atoms with Crippen LogP contribution < -0.4 is 5.73 Å². The van der Waals surface area contributed by atoms with E-state index in [1.54, 1.807) is 25.5 Å². The zero-order valence-electron chi connectivity index (χ0n) is 9.14. The van der Waals surface area contributed by atoms with Crippen LogP contribution in [0.25, 0.3) is 0 Å². The van der Waals surface area contributed by atoms with Crippen molar-refractivity contribution in [3.8, 4) is 0 Å². The quantitative estimate of drug-likeness (QED) is 0.758. The lowest BCUT2D eigenvalue weighted by atomic mass is 10.0. The van der Waals surface area contributed by atoms with Gasteiger partial charge in [-0.15, -0.1) is 0 Å². The van der Waals surface area contributed by atoms with E-state index in [0.29, 0.717) is 16.9 Å². The summed E-state index contributed by atoms with van der Waals surface area (Å²) in [6, 6.07) is 1.79. The SMILES string of the molecule is Cc1ccncc1C(=O)c1cnn(C)c1N. The van der Waals surface area contributed by atoms with Crippen molar-refractivity contribution < 1.29 is 4.79 Å². The Labute approximate surface area is 92.9 Å². The Kier molecular flexibility index (Phi) is 2.44. The first kappa shape index (κ1) is 10.4. The van der Waals surface area contributed by atoms with Crippen LogP contribution in [0.1, 0.15) is 21.5 Å². The third kappa shape index (κ3) is 1.56. The molecule has 5 heteroatoms. The fourth-order valence-corrected chi connectivity index (χ4v) is 1.47. The number of anilines is 1. The maximum Gasteiger partial charge on any atom is 0.200 e. The van der Waals surface area contributed by atoms with Crippen LogP contribution in [0.4, 0.5) is 5.82 Å². The Morgan fingerprint density at radius 3 is 2.69 bits per heavy atom. The number of nitrogen functional groups attached to an aromatic ring is 1. The monoisotopic (exact) mass is 216 g/mol. The first-order chi connectivity index (χ1) is 7.61. The molecule has 2 aromatic heterocycles. The molecule has 0 aliphatic heterocycles. The second-order valence-corrected chi connectivity index (χ2v) is 3.59. The molecule has 0 spiro atoms. The van der Waals surface area contributed by atoms with Crippen molar-refractivity contribution in [2.75, 3.05) is 5.73 Å². The number of nitrogens with zero attached hydrogens (tertiary/aromatic N) is 3. The molecule has 0 aliphatic carbocycles. The van der Waals surface area contributed by atoms with Gasteiger partial charge in [0, 0.05) is 25.0 Å². The van der Waals surface area contributed by atoms with Crippen LogP contribution in [0.5, 0.6) is 0 Å². The highest BCUT2D eigenvalue weighted by atomic mass is 16.1. The first-order valence-electron chi connectivity index (χ1n) is 4.84. The topological polar surface area (TPSA) is 73.8 Å². The van der Waals surface area contributed by atoms with Gasteiger partial charge in [-0.25, -0.2) is 0 Å². The fraction of sp³-hybridized carbons (Fsp3) is 0.182. The molecule has 0 amide bonds. The molecule has 0 aliphatic rings. The molecule has 5 nitrogen and oxygen atoms in total. The van der Waals surface area contributed by atoms with Crippen LogP contribution in [-0.2, 0) is 7.05 Å². The summed E-state index contributed by atoms with van der Waals surface area (Å²) >= 11 is 0. The second-order valence-electron chi connectivity index (χ2n) is 3.59. The van der Waals surface area contributed by atoms with Gasteiger partial charge in [-0.3, -0.25) is 14.5 Å². The number of aryl methyl sites for hydroxylation is 2. The average Bonchev–Trinajstić information content (AvgIpc) is 2.60. The highest BCUT2D eigenvalue weighted by Gasteiger charge is 2.17. The molecular formula is C11H12N4O. The zero-order valence-corrected chi connectivity index (χ0v) is 9.14. The van der Waals surface area contributed by atoms with E-state index in [1.165, 1.54) is 10.9 Å². The lowest BCUT2D eigenvalue weighted by Crippen LogP contribution is -2.07. The van der Waals surface area contributed by atoms with Crippen molar-refractivity contribution in [3.05, 3.63) is 41.3 Å². The standard InChI is InChI=1S/C11H12N4O/c1-7-3-4-13-5-8(7)10(16)9-6-14-15(2)11(9)12/h3-6H,12H2,1-2H3. The molecule has 2 rings (SSSR count). The summed E-state index contributed by atoms with van der Waals surface area (Å²) in [5.74, 6) is 0.226. The number of aromatic nitrogens is 3. The van der Waals surface area contributed by atoms with E-state index in [0.717, 1.165) is 5.56 Å². The Hall–Kier alpha value is -2.17. The van der Waals surface area contributed by atoms with E-state index >= 15 is 0 Å². The van der Waals surface area contributed by atoms with Gasteiger partial charge < -0.3 is 5.73 Å². The van der Waals surface area contributed by atoms with Crippen molar-refractivity contribution in [2.24, 2.45) is 7.05 Å². The van der Waals surface area contributed by atoms with Gasteiger partial charge in [0.25, 0.3) is 0 Å². The normalized spacial score (nSPS) is 10.4. The maximum absolute atomic E-state index is 12.1. The predicted molar refractivity (Wildman–Crippen MR) is 60.0 cm³/mol. The Morgan fingerprint density at radius 2 is 2.12 bits per heavy atom. The van der Waals surface area contributed by atoms with Crippen molar-refractivity contribution in [3.63, 3.8) is 0 Å². The largest absolute Gasteiger partial charge is 0.383 e. The zero-order chi connectivity index (χ0) is 11.7. The number of carbonyl (C=O) groups is 1. The number of carbonyl (C=O) groups excluding carboxylic acids is 1. The van der Waals surface area contributed by atoms with Crippen LogP contribution in [0.3, 0.4) is 0 Å². The molecule has 16 heavy (non-hydrogen) atoms. The third-order valence-electron chi connectivity index (χ3n) is 2.51. The maximum atomic E-state index is 12.1. The van der Waals surface area contributed by atoms with Gasteiger partial charge in [0.2, 0.25) is 0 Å². The second kappa shape index (κ2) is 3.77.